The second-order valence-electron chi connectivity index (χ2n) is 26.4. The van der Waals surface area contributed by atoms with Crippen molar-refractivity contribution in [2.24, 2.45) is 0 Å². The van der Waals surface area contributed by atoms with Gasteiger partial charge in [-0.1, -0.05) is 54.9 Å². The zero-order chi connectivity index (χ0) is 69.8. The molecule has 0 spiro atoms. The molecule has 12 atom stereocenters. The number of nitrogens with zero attached hydrogens (tertiary/aromatic N) is 2. The van der Waals surface area contributed by atoms with Gasteiger partial charge in [-0.3, -0.25) is 0 Å². The lowest BCUT2D eigenvalue weighted by Crippen LogP contribution is -2.64. The second-order valence-corrected chi connectivity index (χ2v) is 26.4. The molecule has 6 aliphatic heterocycles. The molecule has 4 saturated heterocycles. The van der Waals surface area contributed by atoms with Crippen LogP contribution >= 0.6 is 0 Å². The van der Waals surface area contributed by atoms with E-state index in [4.69, 9.17) is 116 Å². The molecule has 9 heterocycles. The Morgan fingerprint density at radius 3 is 1.14 bits per heavy atom. The van der Waals surface area contributed by atoms with Crippen LogP contribution in [0.1, 0.15) is 22.8 Å². The van der Waals surface area contributed by atoms with E-state index >= 15 is 0 Å². The minimum Gasteiger partial charge on any atom is -0.500 e. The summed E-state index contributed by atoms with van der Waals surface area (Å²) in [5.41, 5.74) is 9.63. The van der Waals surface area contributed by atoms with Crippen LogP contribution in [0, 0.1) is 0 Å². The molecule has 4 fully saturated rings. The summed E-state index contributed by atoms with van der Waals surface area (Å²) in [6.45, 7) is -1.06. The van der Waals surface area contributed by atoms with Crippen molar-refractivity contribution in [3.8, 4) is 67.5 Å². The van der Waals surface area contributed by atoms with E-state index < -0.39 is 119 Å². The van der Waals surface area contributed by atoms with E-state index in [1.807, 2.05) is 109 Å². The quantitative estimate of drug-likeness (QED) is 0.0343. The molecule has 6 aliphatic rings. The van der Waals surface area contributed by atoms with Crippen molar-refractivity contribution in [3.05, 3.63) is 144 Å². The number of ether oxygens (including phenoxy) is 6. The molecule has 7 aromatic rings. The molecule has 3 aromatic heterocycles. The molecule has 99 heavy (non-hydrogen) atoms. The fraction of sp³-hybridized carbons (Fsp3) is 0.279. The third-order valence-electron chi connectivity index (χ3n) is 19.6. The summed E-state index contributed by atoms with van der Waals surface area (Å²) >= 11 is 0. The average molecular weight is 1290 g/mol. The lowest BCUT2D eigenvalue weighted by Gasteiger charge is -2.39. The number of benzene rings is 4. The first-order valence-corrected chi connectivity index (χ1v) is 33.0. The van der Waals surface area contributed by atoms with Gasteiger partial charge in [-0.15, -0.1) is 0 Å². The van der Waals surface area contributed by atoms with Crippen LogP contribution in [-0.2, 0) is 9.47 Å². The first kappa shape index (κ1) is 71.0. The molecule has 0 aliphatic carbocycles. The molecule has 0 amide bonds. The van der Waals surface area contributed by atoms with Crippen molar-refractivity contribution in [2.45, 2.75) is 85.9 Å². The first-order chi connectivity index (χ1) is 47.6. The van der Waals surface area contributed by atoms with Gasteiger partial charge in [0.1, 0.15) is 78.4 Å². The minimum atomic E-state index is -1.69. The van der Waals surface area contributed by atoms with Crippen LogP contribution < -0.4 is 18.9 Å². The highest BCUT2D eigenvalue weighted by molar-refractivity contribution is 8.01. The van der Waals surface area contributed by atoms with E-state index in [2.05, 4.69) is 9.97 Å². The lowest BCUT2D eigenvalue weighted by molar-refractivity contribution is -0.277. The summed E-state index contributed by atoms with van der Waals surface area (Å²) in [5.74, 6) is 1.60. The maximum atomic E-state index is 11.1. The van der Waals surface area contributed by atoms with Crippen molar-refractivity contribution < 1.29 is 69.3 Å². The molecule has 18 nitrogen and oxygen atoms in total. The van der Waals surface area contributed by atoms with Crippen LogP contribution in [0.4, 0.5) is 0 Å². The van der Waals surface area contributed by atoms with Gasteiger partial charge in [0, 0.05) is 173 Å². The Hall–Kier alpha value is -6.42. The summed E-state index contributed by atoms with van der Waals surface area (Å²) in [7, 11) is 62.1. The van der Waals surface area contributed by atoms with E-state index in [0.29, 0.717) is 108 Å². The smallest absolute Gasteiger partial charge is 0.229 e. The third-order valence-corrected chi connectivity index (χ3v) is 19.6. The molecule has 0 saturated carbocycles. The van der Waals surface area contributed by atoms with Gasteiger partial charge in [-0.25, -0.2) is 9.97 Å². The molecule has 13 rings (SSSR count). The van der Waals surface area contributed by atoms with Crippen LogP contribution in [0.2, 0.25) is 18.5 Å². The van der Waals surface area contributed by atoms with Crippen molar-refractivity contribution in [2.75, 3.05) is 19.8 Å². The van der Waals surface area contributed by atoms with Gasteiger partial charge in [-0.05, 0) is 131 Å². The van der Waals surface area contributed by atoms with Crippen molar-refractivity contribution >= 4 is 188 Å². The van der Waals surface area contributed by atoms with Gasteiger partial charge in [0.05, 0.1) is 55.2 Å². The van der Waals surface area contributed by atoms with E-state index in [-0.39, 0.29) is 42.9 Å². The van der Waals surface area contributed by atoms with Crippen molar-refractivity contribution in [1.29, 1.82) is 0 Å². The Labute approximate surface area is 591 Å². The van der Waals surface area contributed by atoms with Crippen LogP contribution in [-0.4, -0.2) is 290 Å². The number of aromatic amines is 2. The summed E-state index contributed by atoms with van der Waals surface area (Å²) in [6, 6.07) is 36.7. The number of rotatable bonds is 23. The molecule has 12 unspecified atom stereocenters. The van der Waals surface area contributed by atoms with Crippen LogP contribution in [0.15, 0.2) is 121 Å². The molecule has 20 radical (unpaired) electrons. The van der Waals surface area contributed by atoms with E-state index in [0.717, 1.165) is 11.9 Å². The molecule has 464 valence electrons. The summed E-state index contributed by atoms with van der Waals surface area (Å²) in [5, 5.41) is 85.1. The number of hydrogen-bond donors (Lipinski definition) is 10. The Kier molecular flexibility index (Phi) is 21.4. The lowest BCUT2D eigenvalue weighted by atomic mass is 8.57. The van der Waals surface area contributed by atoms with E-state index in [9.17, 15) is 40.9 Å². The Bertz CT molecular complexity index is 4250. The Morgan fingerprint density at radius 2 is 0.778 bits per heavy atom. The van der Waals surface area contributed by atoms with Gasteiger partial charge in [0.25, 0.3) is 0 Å². The second kappa shape index (κ2) is 29.9. The molecule has 38 heteroatoms. The van der Waals surface area contributed by atoms with Gasteiger partial charge in [0.2, 0.25) is 12.6 Å². The standard InChI is InChI=1S/C61H56B20N4O14/c62-74(63)78(70)80(76(66)67)72-25-34(72)29-94-35-9-1-5-30(21-35)50-39-13-15-43(82-39)52(32-7-3-11-37(23-32)96-60-58(92)56(90)54(88)47(27-86)98-60)45-19-17-41(84-45)51(31-6-2-10-36(22-31)95-49-26-73(49)81(77(68)69)79(71)75(64)65)42-18-20-46(85-42)53(44-16-14-40(50)83-44)33-8-4-12-38(24-33)97-61-59(93)57(91)55(89)48(28-87)99-61/h1-24,34,47-49,54-61,82,85-93H,25-29H2. The topological polar surface area (TPSA) is 275 Å². The number of aromatic nitrogens is 4. The van der Waals surface area contributed by atoms with Gasteiger partial charge in [-0.2, -0.15) is 0 Å². The maximum Gasteiger partial charge on any atom is 0.229 e. The fourth-order valence-corrected chi connectivity index (χ4v) is 14.1. The zero-order valence-corrected chi connectivity index (χ0v) is 53.8. The van der Waals surface area contributed by atoms with Crippen LogP contribution in [0.5, 0.6) is 23.0 Å². The van der Waals surface area contributed by atoms with Crippen LogP contribution in [0.25, 0.3) is 90.9 Å². The van der Waals surface area contributed by atoms with Crippen molar-refractivity contribution in [1.82, 2.24) is 19.9 Å². The largest absolute Gasteiger partial charge is 0.500 e. The monoisotopic (exact) mass is 1290 g/mol. The molecule has 10 N–H and O–H groups in total. The Morgan fingerprint density at radius 1 is 0.424 bits per heavy atom. The SMILES string of the molecule is [B]B([B])B([B])B(B([B])[B])B1CC1COc1cccc(-c2c3nc(c(-c4cccc(OC5OC(CO)C(O)C(O)C5O)c4)c4ccc([nH]4)c(-c4cccc(OC5CB5B(B([B])[B])B([B])B([B])[B])c4)c4nc(c(-c5cccc(OC6OC(CO)C(O)C(O)C6O)c5)c5ccc2[nH]5)C=C4)C=C3)c1. The number of hydrogen-bond acceptors (Lipinski definition) is 16. The Balaban J connectivity index is 0.999. The molecule has 4 aromatic carbocycles. The molecule has 8 bridgehead atoms. The number of H-pyrrole nitrogens is 2. The van der Waals surface area contributed by atoms with E-state index in [1.54, 1.807) is 36.4 Å². The highest BCUT2D eigenvalue weighted by atomic mass is 16.7. The highest BCUT2D eigenvalue weighted by Crippen LogP contribution is 2.44. The van der Waals surface area contributed by atoms with Crippen molar-refractivity contribution in [3.63, 3.8) is 0 Å². The number of aliphatic hydroxyl groups is 8. The zero-order valence-electron chi connectivity index (χ0n) is 53.8. The number of fused-ring (bicyclic) bond motifs is 8. The van der Waals surface area contributed by atoms with Gasteiger partial charge in [0.15, 0.2) is 0 Å². The third kappa shape index (κ3) is 14.8. The highest BCUT2D eigenvalue weighted by Gasteiger charge is 2.53. The number of nitrogens with one attached hydrogen (secondary N) is 2. The summed E-state index contributed by atoms with van der Waals surface area (Å²) in [4.78, 5) is 18.5. The number of aliphatic hydroxyl groups excluding tert-OH is 8. The predicted molar refractivity (Wildman–Crippen MR) is 408 cm³/mol. The first-order valence-electron chi connectivity index (χ1n) is 33.0. The minimum absolute atomic E-state index is 0.0411. The maximum absolute atomic E-state index is 11.1. The van der Waals surface area contributed by atoms with Gasteiger partial charge >= 0.3 is 0 Å². The molecular weight excluding hydrogens is 1230 g/mol. The summed E-state index contributed by atoms with van der Waals surface area (Å²) in [6.07, 6.45) is -11.7. The average Bonchev–Trinajstić information content (AvgIpc) is 1.59. The van der Waals surface area contributed by atoms with Crippen LogP contribution in [0.3, 0.4) is 0 Å². The summed E-state index contributed by atoms with van der Waals surface area (Å²) < 4.78 is 37.3. The van der Waals surface area contributed by atoms with Gasteiger partial charge < -0.3 is 79.2 Å². The van der Waals surface area contributed by atoms with E-state index in [1.165, 1.54) is 0 Å². The normalized spacial score (nSPS) is 23.6. The predicted octanol–water partition coefficient (Wildman–Crippen LogP) is -1.03. The molecular formula is C61H56B20N4O14. The fourth-order valence-electron chi connectivity index (χ4n) is 14.1.